The van der Waals surface area contributed by atoms with Crippen molar-refractivity contribution in [1.29, 1.82) is 0 Å². The van der Waals surface area contributed by atoms with Crippen LogP contribution in [0.5, 0.6) is 0 Å². The van der Waals surface area contributed by atoms with E-state index in [1.54, 1.807) is 17.4 Å². The smallest absolute Gasteiger partial charge is 0.248 e. The highest BCUT2D eigenvalue weighted by Gasteiger charge is 2.16. The molecule has 0 radical (unpaired) electrons. The first-order chi connectivity index (χ1) is 11.1. The third kappa shape index (κ3) is 3.97. The van der Waals surface area contributed by atoms with Crippen LogP contribution >= 0.6 is 11.3 Å². The first-order valence-corrected chi connectivity index (χ1v) is 8.46. The van der Waals surface area contributed by atoms with Gasteiger partial charge in [0, 0.05) is 36.5 Å². The molecule has 0 aliphatic carbocycles. The maximum absolute atomic E-state index is 11.2. The predicted molar refractivity (Wildman–Crippen MR) is 94.4 cm³/mol. The number of carbonyl (C=O) groups is 1. The van der Waals surface area contributed by atoms with E-state index in [1.165, 1.54) is 4.88 Å². The summed E-state index contributed by atoms with van der Waals surface area (Å²) in [6.45, 7) is 2.88. The molecule has 0 atom stereocenters. The molecule has 120 valence electrons. The van der Waals surface area contributed by atoms with E-state index in [1.807, 2.05) is 24.3 Å². The second kappa shape index (κ2) is 6.93. The lowest BCUT2D eigenvalue weighted by atomic mass is 10.1. The molecule has 1 aliphatic rings. The molecule has 0 unspecified atom stereocenters. The summed E-state index contributed by atoms with van der Waals surface area (Å²) in [4.78, 5) is 19.3. The van der Waals surface area contributed by atoms with Gasteiger partial charge in [-0.1, -0.05) is 24.3 Å². The van der Waals surface area contributed by atoms with E-state index >= 15 is 0 Å². The summed E-state index contributed by atoms with van der Waals surface area (Å²) < 4.78 is 0. The number of fused-ring (bicyclic) bond motifs is 1. The summed E-state index contributed by atoms with van der Waals surface area (Å²) in [5, 5.41) is 0.678. The van der Waals surface area contributed by atoms with Crippen molar-refractivity contribution in [2.45, 2.75) is 12.8 Å². The normalized spacial score (nSPS) is 15.5. The Kier molecular flexibility index (Phi) is 4.73. The van der Waals surface area contributed by atoms with Crippen LogP contribution in [0.2, 0.25) is 0 Å². The number of benzene rings is 1. The summed E-state index contributed by atoms with van der Waals surface area (Å²) in [5.74, 6) is -0.398. The lowest BCUT2D eigenvalue weighted by molar-refractivity contribution is 0.100. The van der Waals surface area contributed by atoms with Crippen molar-refractivity contribution in [2.24, 2.45) is 5.73 Å². The molecule has 1 aliphatic heterocycles. The Balaban J connectivity index is 1.57. The molecule has 0 saturated heterocycles. The van der Waals surface area contributed by atoms with Gasteiger partial charge in [-0.25, -0.2) is 4.98 Å². The highest BCUT2D eigenvalue weighted by Crippen LogP contribution is 2.24. The zero-order valence-electron chi connectivity index (χ0n) is 12.9. The second-order valence-electron chi connectivity index (χ2n) is 5.61. The van der Waals surface area contributed by atoms with Gasteiger partial charge in [0.1, 0.15) is 0 Å². The largest absolute Gasteiger partial charge is 0.375 e. The van der Waals surface area contributed by atoms with E-state index in [0.29, 0.717) is 10.7 Å². The number of aromatic nitrogens is 1. The van der Waals surface area contributed by atoms with Gasteiger partial charge in [0.25, 0.3) is 0 Å². The average molecular weight is 328 g/mol. The molecular weight excluding hydrogens is 308 g/mol. The number of anilines is 1. The van der Waals surface area contributed by atoms with Gasteiger partial charge in [-0.05, 0) is 24.1 Å². The Labute approximate surface area is 139 Å². The zero-order valence-corrected chi connectivity index (χ0v) is 13.7. The van der Waals surface area contributed by atoms with Crippen molar-refractivity contribution >= 4 is 28.5 Å². The molecule has 6 heteroatoms. The molecule has 4 N–H and O–H groups in total. The maximum atomic E-state index is 11.2. The van der Waals surface area contributed by atoms with E-state index in [0.717, 1.165) is 43.7 Å². The number of nitrogen functional groups attached to an aromatic ring is 1. The quantitative estimate of drug-likeness (QED) is 0.898. The molecule has 0 bridgehead atoms. The van der Waals surface area contributed by atoms with Crippen molar-refractivity contribution in [1.82, 2.24) is 9.88 Å². The van der Waals surface area contributed by atoms with E-state index < -0.39 is 5.91 Å². The number of hydrogen-bond donors (Lipinski definition) is 2. The standard InChI is InChI=1S/C17H20N4OS/c18-16(22)13-5-1-3-12(11-13)4-2-8-21-9-6-14-15(7-10-21)23-17(19)20-14/h1-5,11H,6-10H2,(H2,18,22)(H2,19,20)/b4-2+. The number of rotatable bonds is 4. The highest BCUT2D eigenvalue weighted by molar-refractivity contribution is 7.15. The first kappa shape index (κ1) is 15.7. The van der Waals surface area contributed by atoms with Crippen LogP contribution in [0.25, 0.3) is 6.08 Å². The van der Waals surface area contributed by atoms with Crippen molar-refractivity contribution in [2.75, 3.05) is 25.4 Å². The molecule has 3 rings (SSSR count). The van der Waals surface area contributed by atoms with Crippen molar-refractivity contribution in [3.8, 4) is 0 Å². The Hall–Kier alpha value is -2.18. The van der Waals surface area contributed by atoms with Crippen molar-refractivity contribution < 1.29 is 4.79 Å². The van der Waals surface area contributed by atoms with Gasteiger partial charge >= 0.3 is 0 Å². The van der Waals surface area contributed by atoms with Gasteiger partial charge in [-0.15, -0.1) is 11.3 Å². The molecule has 1 amide bonds. The molecule has 2 heterocycles. The van der Waals surface area contributed by atoms with Crippen LogP contribution in [0.3, 0.4) is 0 Å². The van der Waals surface area contributed by atoms with E-state index in [9.17, 15) is 4.79 Å². The minimum absolute atomic E-state index is 0.398. The summed E-state index contributed by atoms with van der Waals surface area (Å²) >= 11 is 1.61. The third-order valence-corrected chi connectivity index (χ3v) is 4.95. The first-order valence-electron chi connectivity index (χ1n) is 7.64. The zero-order chi connectivity index (χ0) is 16.2. The predicted octanol–water partition coefficient (Wildman–Crippen LogP) is 1.94. The Morgan fingerprint density at radius 3 is 3.00 bits per heavy atom. The number of carbonyl (C=O) groups excluding carboxylic acids is 1. The lowest BCUT2D eigenvalue weighted by Gasteiger charge is -2.17. The topological polar surface area (TPSA) is 85.2 Å². The van der Waals surface area contributed by atoms with Crippen LogP contribution in [0.1, 0.15) is 26.5 Å². The van der Waals surface area contributed by atoms with Gasteiger partial charge in [-0.3, -0.25) is 9.69 Å². The lowest BCUT2D eigenvalue weighted by Crippen LogP contribution is -2.26. The average Bonchev–Trinajstić information content (AvgIpc) is 2.79. The fourth-order valence-electron chi connectivity index (χ4n) is 2.75. The minimum Gasteiger partial charge on any atom is -0.375 e. The van der Waals surface area contributed by atoms with Crippen molar-refractivity contribution in [3.05, 3.63) is 52.0 Å². The molecular formula is C17H20N4OS. The summed E-state index contributed by atoms with van der Waals surface area (Å²) in [6, 6.07) is 7.35. The molecule has 2 aromatic rings. The number of thiazole rings is 1. The van der Waals surface area contributed by atoms with Crippen LogP contribution < -0.4 is 11.5 Å². The van der Waals surface area contributed by atoms with E-state index in [-0.39, 0.29) is 0 Å². The summed E-state index contributed by atoms with van der Waals surface area (Å²) in [6.07, 6.45) is 6.12. The maximum Gasteiger partial charge on any atom is 0.248 e. The number of hydrogen-bond acceptors (Lipinski definition) is 5. The van der Waals surface area contributed by atoms with Crippen LogP contribution in [0, 0.1) is 0 Å². The Morgan fingerprint density at radius 1 is 1.35 bits per heavy atom. The molecule has 0 saturated carbocycles. The number of primary amides is 1. The summed E-state index contributed by atoms with van der Waals surface area (Å²) in [5.41, 5.74) is 13.8. The van der Waals surface area contributed by atoms with Gasteiger partial charge in [0.2, 0.25) is 5.91 Å². The molecule has 23 heavy (non-hydrogen) atoms. The fraction of sp³-hybridized carbons (Fsp3) is 0.294. The third-order valence-electron chi connectivity index (χ3n) is 3.96. The van der Waals surface area contributed by atoms with E-state index in [4.69, 9.17) is 11.5 Å². The van der Waals surface area contributed by atoms with Gasteiger partial charge in [-0.2, -0.15) is 0 Å². The molecule has 1 aromatic carbocycles. The van der Waals surface area contributed by atoms with Crippen LogP contribution in [0.4, 0.5) is 5.13 Å². The van der Waals surface area contributed by atoms with Crippen molar-refractivity contribution in [3.63, 3.8) is 0 Å². The van der Waals surface area contributed by atoms with Gasteiger partial charge in [0.05, 0.1) is 5.69 Å². The molecule has 0 spiro atoms. The monoisotopic (exact) mass is 328 g/mol. The fourth-order valence-corrected chi connectivity index (χ4v) is 3.61. The summed E-state index contributed by atoms with van der Waals surface area (Å²) in [7, 11) is 0. The van der Waals surface area contributed by atoms with Gasteiger partial charge in [0.15, 0.2) is 5.13 Å². The highest BCUT2D eigenvalue weighted by atomic mass is 32.1. The van der Waals surface area contributed by atoms with Gasteiger partial charge < -0.3 is 11.5 Å². The SMILES string of the molecule is NC(=O)c1cccc(/C=C/CN2CCc3nc(N)sc3CC2)c1. The van der Waals surface area contributed by atoms with E-state index in [2.05, 4.69) is 16.0 Å². The number of nitrogens with two attached hydrogens (primary N) is 2. The second-order valence-corrected chi connectivity index (χ2v) is 6.73. The minimum atomic E-state index is -0.398. The van der Waals surface area contributed by atoms with Crippen LogP contribution in [0.15, 0.2) is 30.3 Å². The number of amides is 1. The Bertz CT molecular complexity index is 712. The molecule has 1 aromatic heterocycles. The Morgan fingerprint density at radius 2 is 2.17 bits per heavy atom. The number of nitrogens with zero attached hydrogens (tertiary/aromatic N) is 2. The van der Waals surface area contributed by atoms with Crippen LogP contribution in [-0.4, -0.2) is 35.4 Å². The molecule has 5 nitrogen and oxygen atoms in total. The molecule has 0 fully saturated rings. The van der Waals surface area contributed by atoms with Crippen LogP contribution in [-0.2, 0) is 12.8 Å².